The number of carboxylic acid groups (broad SMARTS) is 1. The molecular weight excluding hydrogens is 190 g/mol. The lowest BCUT2D eigenvalue weighted by Gasteiger charge is -2.25. The highest BCUT2D eigenvalue weighted by molar-refractivity contribution is 5.94. The van der Waals surface area contributed by atoms with E-state index in [-0.39, 0.29) is 0 Å². The van der Waals surface area contributed by atoms with Gasteiger partial charge in [-0.3, -0.25) is 4.79 Å². The standard InChI is InChI=1S/C8H13NO5/c1-8(4-10,5-11)9-6(12)2-3-7(13)14/h2-3,10-11H,4-5H2,1H3,(H,9,12)(H,13,14)/b3-2+. The van der Waals surface area contributed by atoms with Gasteiger partial charge in [-0.15, -0.1) is 0 Å². The summed E-state index contributed by atoms with van der Waals surface area (Å²) in [6.45, 7) is 0.561. The second kappa shape index (κ2) is 5.36. The molecule has 0 atom stereocenters. The molecule has 0 aliphatic heterocycles. The molecular formula is C8H13NO5. The van der Waals surface area contributed by atoms with Gasteiger partial charge in [-0.1, -0.05) is 0 Å². The van der Waals surface area contributed by atoms with Crippen molar-refractivity contribution < 1.29 is 24.9 Å². The van der Waals surface area contributed by atoms with Crippen molar-refractivity contribution in [2.45, 2.75) is 12.5 Å². The van der Waals surface area contributed by atoms with Crippen LogP contribution in [0.25, 0.3) is 0 Å². The average molecular weight is 203 g/mol. The van der Waals surface area contributed by atoms with Crippen molar-refractivity contribution in [2.75, 3.05) is 13.2 Å². The molecule has 80 valence electrons. The molecule has 0 aromatic rings. The van der Waals surface area contributed by atoms with E-state index in [0.717, 1.165) is 6.08 Å². The van der Waals surface area contributed by atoms with Crippen molar-refractivity contribution in [1.29, 1.82) is 0 Å². The number of carbonyl (C=O) groups is 2. The Morgan fingerprint density at radius 3 is 2.14 bits per heavy atom. The third-order valence-corrected chi connectivity index (χ3v) is 1.50. The summed E-state index contributed by atoms with van der Waals surface area (Å²) in [5.74, 6) is -1.92. The van der Waals surface area contributed by atoms with Crippen molar-refractivity contribution in [1.82, 2.24) is 5.32 Å². The Kier molecular flexibility index (Phi) is 4.82. The summed E-state index contributed by atoms with van der Waals surface area (Å²) in [7, 11) is 0. The molecule has 0 aliphatic carbocycles. The lowest BCUT2D eigenvalue weighted by molar-refractivity contribution is -0.131. The van der Waals surface area contributed by atoms with Crippen LogP contribution in [0.3, 0.4) is 0 Å². The molecule has 0 aliphatic rings. The zero-order chi connectivity index (χ0) is 11.2. The van der Waals surface area contributed by atoms with Crippen molar-refractivity contribution in [3.05, 3.63) is 12.2 Å². The number of aliphatic hydroxyl groups excluding tert-OH is 2. The maximum Gasteiger partial charge on any atom is 0.328 e. The van der Waals surface area contributed by atoms with Crippen LogP contribution < -0.4 is 5.32 Å². The highest BCUT2D eigenvalue weighted by Gasteiger charge is 2.23. The predicted molar refractivity (Wildman–Crippen MR) is 47.5 cm³/mol. The molecule has 0 unspecified atom stereocenters. The van der Waals surface area contributed by atoms with Crippen LogP contribution in [0, 0.1) is 0 Å². The van der Waals surface area contributed by atoms with Crippen LogP contribution in [-0.2, 0) is 9.59 Å². The van der Waals surface area contributed by atoms with Crippen LogP contribution in [-0.4, -0.2) is 45.9 Å². The summed E-state index contributed by atoms with van der Waals surface area (Å²) in [4.78, 5) is 21.0. The first-order valence-corrected chi connectivity index (χ1v) is 3.88. The minimum absolute atomic E-state index is 0.434. The molecule has 4 N–H and O–H groups in total. The number of rotatable bonds is 5. The van der Waals surface area contributed by atoms with Gasteiger partial charge in [0, 0.05) is 12.2 Å². The molecule has 14 heavy (non-hydrogen) atoms. The minimum atomic E-state index is -1.24. The van der Waals surface area contributed by atoms with Crippen molar-refractivity contribution >= 4 is 11.9 Å². The second-order valence-corrected chi connectivity index (χ2v) is 3.04. The van der Waals surface area contributed by atoms with Gasteiger partial charge < -0.3 is 20.6 Å². The van der Waals surface area contributed by atoms with E-state index >= 15 is 0 Å². The SMILES string of the molecule is CC(CO)(CO)NC(=O)/C=C/C(=O)O. The van der Waals surface area contributed by atoms with E-state index < -0.39 is 30.6 Å². The number of carboxylic acids is 1. The van der Waals surface area contributed by atoms with E-state index in [1.54, 1.807) is 0 Å². The fourth-order valence-electron chi connectivity index (χ4n) is 0.615. The molecule has 6 heteroatoms. The summed E-state index contributed by atoms with van der Waals surface area (Å²) in [5.41, 5.74) is -1.14. The van der Waals surface area contributed by atoms with Gasteiger partial charge >= 0.3 is 5.97 Å². The maximum atomic E-state index is 11.0. The molecule has 0 saturated heterocycles. The van der Waals surface area contributed by atoms with Crippen LogP contribution in [0.15, 0.2) is 12.2 Å². The highest BCUT2D eigenvalue weighted by Crippen LogP contribution is 2.00. The van der Waals surface area contributed by atoms with Crippen LogP contribution in [0.5, 0.6) is 0 Å². The Balaban J connectivity index is 4.24. The Bertz CT molecular complexity index is 244. The van der Waals surface area contributed by atoms with Crippen LogP contribution in [0.2, 0.25) is 0 Å². The molecule has 0 bridgehead atoms. The van der Waals surface area contributed by atoms with E-state index in [0.29, 0.717) is 6.08 Å². The smallest absolute Gasteiger partial charge is 0.328 e. The lowest BCUT2D eigenvalue weighted by Crippen LogP contribution is -2.51. The number of hydrogen-bond acceptors (Lipinski definition) is 4. The average Bonchev–Trinajstić information content (AvgIpc) is 2.14. The summed E-state index contributed by atoms with van der Waals surface area (Å²) < 4.78 is 0. The van der Waals surface area contributed by atoms with E-state index in [2.05, 4.69) is 5.32 Å². The van der Waals surface area contributed by atoms with Crippen molar-refractivity contribution in [3.63, 3.8) is 0 Å². The first-order valence-electron chi connectivity index (χ1n) is 3.88. The molecule has 0 heterocycles. The van der Waals surface area contributed by atoms with Crippen LogP contribution in [0.4, 0.5) is 0 Å². The molecule has 0 rings (SSSR count). The number of amides is 1. The van der Waals surface area contributed by atoms with Gasteiger partial charge in [0.1, 0.15) is 0 Å². The zero-order valence-corrected chi connectivity index (χ0v) is 7.73. The molecule has 0 radical (unpaired) electrons. The fraction of sp³-hybridized carbons (Fsp3) is 0.500. The number of aliphatic hydroxyl groups is 2. The molecule has 0 aromatic heterocycles. The largest absolute Gasteiger partial charge is 0.478 e. The summed E-state index contributed by atoms with van der Waals surface area (Å²) in [6.07, 6.45) is 1.48. The summed E-state index contributed by atoms with van der Waals surface area (Å²) in [6, 6.07) is 0. The van der Waals surface area contributed by atoms with Gasteiger partial charge in [0.25, 0.3) is 0 Å². The number of aliphatic carboxylic acids is 1. The van der Waals surface area contributed by atoms with Gasteiger partial charge in [-0.2, -0.15) is 0 Å². The number of hydrogen-bond donors (Lipinski definition) is 4. The quantitative estimate of drug-likeness (QED) is 0.406. The van der Waals surface area contributed by atoms with Gasteiger partial charge in [0.2, 0.25) is 5.91 Å². The van der Waals surface area contributed by atoms with E-state index in [9.17, 15) is 9.59 Å². The summed E-state index contributed by atoms with van der Waals surface area (Å²) >= 11 is 0. The van der Waals surface area contributed by atoms with Gasteiger partial charge in [-0.25, -0.2) is 4.79 Å². The minimum Gasteiger partial charge on any atom is -0.478 e. The highest BCUT2D eigenvalue weighted by atomic mass is 16.4. The van der Waals surface area contributed by atoms with E-state index in [4.69, 9.17) is 15.3 Å². The molecule has 6 nitrogen and oxygen atoms in total. The third-order valence-electron chi connectivity index (χ3n) is 1.50. The Hall–Kier alpha value is -1.40. The van der Waals surface area contributed by atoms with Crippen molar-refractivity contribution in [2.24, 2.45) is 0 Å². The Morgan fingerprint density at radius 1 is 1.29 bits per heavy atom. The van der Waals surface area contributed by atoms with Crippen molar-refractivity contribution in [3.8, 4) is 0 Å². The van der Waals surface area contributed by atoms with Crippen LogP contribution >= 0.6 is 0 Å². The fourth-order valence-corrected chi connectivity index (χ4v) is 0.615. The second-order valence-electron chi connectivity index (χ2n) is 3.04. The summed E-state index contributed by atoms with van der Waals surface area (Å²) in [5, 5.41) is 28.1. The molecule has 1 amide bonds. The molecule has 0 aromatic carbocycles. The van der Waals surface area contributed by atoms with Crippen LogP contribution in [0.1, 0.15) is 6.92 Å². The van der Waals surface area contributed by atoms with E-state index in [1.807, 2.05) is 0 Å². The predicted octanol–water partition coefficient (Wildman–Crippen LogP) is -1.51. The normalized spacial score (nSPS) is 11.6. The zero-order valence-electron chi connectivity index (χ0n) is 7.73. The maximum absolute atomic E-state index is 11.0. The van der Waals surface area contributed by atoms with Gasteiger partial charge in [0.05, 0.1) is 18.8 Å². The monoisotopic (exact) mass is 203 g/mol. The Morgan fingerprint density at radius 2 is 1.79 bits per heavy atom. The number of nitrogens with one attached hydrogen (secondary N) is 1. The number of carbonyl (C=O) groups excluding carboxylic acids is 1. The lowest BCUT2D eigenvalue weighted by atomic mass is 10.1. The third kappa shape index (κ3) is 4.58. The first-order chi connectivity index (χ1) is 6.43. The van der Waals surface area contributed by atoms with Gasteiger partial charge in [-0.05, 0) is 6.92 Å². The topological polar surface area (TPSA) is 107 Å². The molecule has 0 fully saturated rings. The molecule has 0 spiro atoms. The van der Waals surface area contributed by atoms with Gasteiger partial charge in [0.15, 0.2) is 0 Å². The molecule has 0 saturated carbocycles. The Labute approximate surface area is 80.9 Å². The van der Waals surface area contributed by atoms with E-state index in [1.165, 1.54) is 6.92 Å². The first kappa shape index (κ1) is 12.6.